The van der Waals surface area contributed by atoms with Crippen molar-refractivity contribution in [3.63, 3.8) is 0 Å². The SMILES string of the molecule is CC1CCC(C(C)C)C(OCC(O)CN2CCN(c3ccc(F)cc3)CC2)C1.[Cl-].[Cl-]. The molecule has 1 aromatic rings. The molecule has 30 heavy (non-hydrogen) atoms. The third-order valence-electron chi connectivity index (χ3n) is 6.50. The first-order valence-electron chi connectivity index (χ1n) is 10.9. The minimum atomic E-state index is -0.442. The average molecular weight is 463 g/mol. The fourth-order valence-corrected chi connectivity index (χ4v) is 4.73. The van der Waals surface area contributed by atoms with Crippen molar-refractivity contribution in [2.75, 3.05) is 44.2 Å². The second-order valence-corrected chi connectivity index (χ2v) is 9.12. The van der Waals surface area contributed by atoms with Crippen molar-refractivity contribution in [3.8, 4) is 0 Å². The molecule has 4 atom stereocenters. The fraction of sp³-hybridized carbons (Fsp3) is 0.739. The van der Waals surface area contributed by atoms with Crippen molar-refractivity contribution in [2.45, 2.75) is 52.2 Å². The van der Waals surface area contributed by atoms with Gasteiger partial charge in [0.25, 0.3) is 0 Å². The standard InChI is InChI=1S/C23H37FN2O2.2ClH/c1-17(2)22-9-4-18(3)14-23(22)28-16-21(27)15-25-10-12-26(13-11-25)20-7-5-19(24)6-8-20;;/h5-8,17-18,21-23,27H,4,9-16H2,1-3H3;2*1H/p-2. The number of hydrogen-bond acceptors (Lipinski definition) is 4. The largest absolute Gasteiger partial charge is 1.00 e. The third kappa shape index (κ3) is 7.83. The Labute approximate surface area is 194 Å². The first-order valence-corrected chi connectivity index (χ1v) is 10.9. The minimum absolute atomic E-state index is 0. The molecule has 0 aromatic heterocycles. The van der Waals surface area contributed by atoms with Gasteiger partial charge in [-0.15, -0.1) is 0 Å². The van der Waals surface area contributed by atoms with E-state index in [0.29, 0.717) is 25.0 Å². The van der Waals surface area contributed by atoms with Crippen LogP contribution < -0.4 is 29.7 Å². The van der Waals surface area contributed by atoms with Gasteiger partial charge in [-0.05, 0) is 54.9 Å². The van der Waals surface area contributed by atoms with E-state index in [1.807, 2.05) is 12.1 Å². The van der Waals surface area contributed by atoms with Gasteiger partial charge < -0.3 is 39.6 Å². The van der Waals surface area contributed by atoms with E-state index in [-0.39, 0.29) is 36.7 Å². The number of hydrogen-bond donors (Lipinski definition) is 1. The van der Waals surface area contributed by atoms with E-state index < -0.39 is 6.10 Å². The van der Waals surface area contributed by atoms with Crippen LogP contribution in [0, 0.1) is 23.6 Å². The number of halogens is 3. The van der Waals surface area contributed by atoms with Gasteiger partial charge in [0.15, 0.2) is 0 Å². The van der Waals surface area contributed by atoms with Crippen molar-refractivity contribution in [1.82, 2.24) is 4.90 Å². The van der Waals surface area contributed by atoms with E-state index in [4.69, 9.17) is 4.74 Å². The van der Waals surface area contributed by atoms with Crippen LogP contribution in [0.4, 0.5) is 10.1 Å². The number of aliphatic hydroxyl groups excluding tert-OH is 1. The lowest BCUT2D eigenvalue weighted by Gasteiger charge is -2.39. The van der Waals surface area contributed by atoms with Gasteiger partial charge >= 0.3 is 0 Å². The summed E-state index contributed by atoms with van der Waals surface area (Å²) in [6.45, 7) is 11.6. The molecule has 0 bridgehead atoms. The van der Waals surface area contributed by atoms with Crippen molar-refractivity contribution in [1.29, 1.82) is 0 Å². The van der Waals surface area contributed by atoms with Gasteiger partial charge in [-0.3, -0.25) is 4.90 Å². The van der Waals surface area contributed by atoms with Crippen LogP contribution in [0.15, 0.2) is 24.3 Å². The average Bonchev–Trinajstić information content (AvgIpc) is 2.67. The normalized spacial score (nSPS) is 26.1. The third-order valence-corrected chi connectivity index (χ3v) is 6.50. The Morgan fingerprint density at radius 1 is 1.07 bits per heavy atom. The van der Waals surface area contributed by atoms with E-state index in [1.165, 1.54) is 25.0 Å². The molecular formula is C23H37Cl2FN2O2-2. The molecule has 0 radical (unpaired) electrons. The van der Waals surface area contributed by atoms with Crippen LogP contribution in [0.5, 0.6) is 0 Å². The number of ether oxygens (including phenoxy) is 1. The number of rotatable bonds is 7. The predicted octanol–water partition coefficient (Wildman–Crippen LogP) is -2.21. The van der Waals surface area contributed by atoms with Crippen molar-refractivity contribution in [3.05, 3.63) is 30.1 Å². The molecule has 3 rings (SSSR count). The summed E-state index contributed by atoms with van der Waals surface area (Å²) in [5.74, 6) is 1.77. The maximum atomic E-state index is 13.1. The Hall–Kier alpha value is -0.590. The van der Waals surface area contributed by atoms with Crippen molar-refractivity contribution in [2.24, 2.45) is 17.8 Å². The van der Waals surface area contributed by atoms with E-state index in [2.05, 4.69) is 30.6 Å². The Balaban J connectivity index is 0.00000225. The van der Waals surface area contributed by atoms with Crippen LogP contribution >= 0.6 is 0 Å². The molecule has 1 saturated heterocycles. The zero-order valence-corrected chi connectivity index (χ0v) is 20.0. The van der Waals surface area contributed by atoms with Crippen LogP contribution in [0.25, 0.3) is 0 Å². The van der Waals surface area contributed by atoms with E-state index in [0.717, 1.165) is 44.2 Å². The van der Waals surface area contributed by atoms with E-state index in [1.54, 1.807) is 0 Å². The van der Waals surface area contributed by atoms with E-state index in [9.17, 15) is 9.50 Å². The second kappa shape index (κ2) is 13.1. The van der Waals surface area contributed by atoms with Crippen LogP contribution in [0.1, 0.15) is 40.0 Å². The quantitative estimate of drug-likeness (QED) is 0.498. The molecule has 4 unspecified atom stereocenters. The Morgan fingerprint density at radius 2 is 1.70 bits per heavy atom. The predicted molar refractivity (Wildman–Crippen MR) is 112 cm³/mol. The van der Waals surface area contributed by atoms with Gasteiger partial charge in [0.2, 0.25) is 0 Å². The molecule has 0 spiro atoms. The zero-order chi connectivity index (χ0) is 20.1. The topological polar surface area (TPSA) is 35.9 Å². The fourth-order valence-electron chi connectivity index (χ4n) is 4.73. The number of anilines is 1. The molecule has 1 aliphatic heterocycles. The second-order valence-electron chi connectivity index (χ2n) is 9.12. The molecule has 1 aromatic carbocycles. The molecule has 1 heterocycles. The maximum Gasteiger partial charge on any atom is 0.123 e. The van der Waals surface area contributed by atoms with Gasteiger partial charge in [0, 0.05) is 38.4 Å². The molecule has 4 nitrogen and oxygen atoms in total. The first kappa shape index (κ1) is 27.4. The highest BCUT2D eigenvalue weighted by Crippen LogP contribution is 2.35. The Morgan fingerprint density at radius 3 is 2.30 bits per heavy atom. The summed E-state index contributed by atoms with van der Waals surface area (Å²) in [5, 5.41) is 10.5. The molecule has 1 N–H and O–H groups in total. The summed E-state index contributed by atoms with van der Waals surface area (Å²) in [5.41, 5.74) is 1.07. The Bertz CT molecular complexity index is 597. The summed E-state index contributed by atoms with van der Waals surface area (Å²) < 4.78 is 19.3. The first-order chi connectivity index (χ1) is 13.4. The number of β-amino-alcohol motifs (C(OH)–C–C–N with tert-alkyl or cyclic N) is 1. The van der Waals surface area contributed by atoms with Gasteiger partial charge in [0.1, 0.15) is 5.82 Å². The molecule has 174 valence electrons. The minimum Gasteiger partial charge on any atom is -1.00 e. The van der Waals surface area contributed by atoms with Gasteiger partial charge in [-0.2, -0.15) is 0 Å². The highest BCUT2D eigenvalue weighted by molar-refractivity contribution is 5.46. The van der Waals surface area contributed by atoms with Crippen LogP contribution in [-0.4, -0.2) is 61.5 Å². The lowest BCUT2D eigenvalue weighted by molar-refractivity contribution is -0.0740. The van der Waals surface area contributed by atoms with Crippen LogP contribution in [0.3, 0.4) is 0 Å². The lowest BCUT2D eigenvalue weighted by Crippen LogP contribution is -3.00. The molecule has 2 aliphatic rings. The molecule has 2 fully saturated rings. The molecule has 1 aliphatic carbocycles. The van der Waals surface area contributed by atoms with Crippen molar-refractivity contribution >= 4 is 5.69 Å². The number of nitrogens with zero attached hydrogens (tertiary/aromatic N) is 2. The molecule has 1 saturated carbocycles. The summed E-state index contributed by atoms with van der Waals surface area (Å²) in [6, 6.07) is 6.70. The summed E-state index contributed by atoms with van der Waals surface area (Å²) in [4.78, 5) is 4.58. The van der Waals surface area contributed by atoms with Gasteiger partial charge in [0.05, 0.1) is 18.8 Å². The summed E-state index contributed by atoms with van der Waals surface area (Å²) in [6.07, 6.45) is 3.50. The van der Waals surface area contributed by atoms with Gasteiger partial charge in [-0.1, -0.05) is 27.2 Å². The van der Waals surface area contributed by atoms with Crippen LogP contribution in [0.2, 0.25) is 0 Å². The Kier molecular flexibility index (Phi) is 12.0. The van der Waals surface area contributed by atoms with Gasteiger partial charge in [-0.25, -0.2) is 4.39 Å². The summed E-state index contributed by atoms with van der Waals surface area (Å²) >= 11 is 0. The molecule has 0 amide bonds. The lowest BCUT2D eigenvalue weighted by atomic mass is 9.75. The smallest absolute Gasteiger partial charge is 0.123 e. The van der Waals surface area contributed by atoms with E-state index >= 15 is 0 Å². The highest BCUT2D eigenvalue weighted by atomic mass is 35.5. The molecule has 7 heteroatoms. The maximum absolute atomic E-state index is 13.1. The monoisotopic (exact) mass is 462 g/mol. The number of aliphatic hydroxyl groups is 1. The zero-order valence-electron chi connectivity index (χ0n) is 18.4. The van der Waals surface area contributed by atoms with Crippen LogP contribution in [-0.2, 0) is 4.74 Å². The molecular weight excluding hydrogens is 426 g/mol. The number of piperazine rings is 1. The highest BCUT2D eigenvalue weighted by Gasteiger charge is 2.32. The van der Waals surface area contributed by atoms with Crippen molar-refractivity contribution < 1.29 is 39.0 Å². The number of benzene rings is 1. The summed E-state index contributed by atoms with van der Waals surface area (Å²) in [7, 11) is 0.